The van der Waals surface area contributed by atoms with Crippen molar-refractivity contribution in [1.29, 1.82) is 0 Å². The van der Waals surface area contributed by atoms with Crippen molar-refractivity contribution in [3.63, 3.8) is 0 Å². The molecule has 2 saturated carbocycles. The third kappa shape index (κ3) is 4.16. The van der Waals surface area contributed by atoms with Gasteiger partial charge >= 0.3 is 11.9 Å². The summed E-state index contributed by atoms with van der Waals surface area (Å²) in [7, 11) is 0. The first-order chi connectivity index (χ1) is 17.3. The Bertz CT molecular complexity index is 1370. The number of fused-ring (bicyclic) bond motifs is 2. The molecule has 2 aromatic carbocycles. The number of anilines is 1. The maximum absolute atomic E-state index is 13.5. The van der Waals surface area contributed by atoms with Crippen LogP contribution >= 0.6 is 45.8 Å². The lowest BCUT2D eigenvalue weighted by Gasteiger charge is -2.33. The Labute approximate surface area is 230 Å². The minimum Gasteiger partial charge on any atom is -0.478 e. The van der Waals surface area contributed by atoms with Crippen molar-refractivity contribution < 1.29 is 24.0 Å². The Kier molecular flexibility index (Phi) is 6.16. The van der Waals surface area contributed by atoms with E-state index in [1.165, 1.54) is 0 Å². The van der Waals surface area contributed by atoms with Gasteiger partial charge in [-0.05, 0) is 72.2 Å². The summed E-state index contributed by atoms with van der Waals surface area (Å²) in [4.78, 5) is 27.1. The van der Waals surface area contributed by atoms with Crippen LogP contribution < -0.4 is 4.90 Å². The summed E-state index contributed by atoms with van der Waals surface area (Å²) in [5, 5.41) is 14.2. The number of benzene rings is 2. The number of aromatic carboxylic acids is 1. The Balaban J connectivity index is 1.23. The number of nitrogens with zero attached hydrogens (tertiary/aromatic N) is 2. The number of aromatic nitrogens is 1. The molecule has 1 saturated heterocycles. The molecule has 186 valence electrons. The van der Waals surface area contributed by atoms with Gasteiger partial charge in [0, 0.05) is 40.0 Å². The van der Waals surface area contributed by atoms with Crippen molar-refractivity contribution in [3.8, 4) is 11.3 Å². The second-order valence-electron chi connectivity index (χ2n) is 9.59. The number of halogens is 3. The van der Waals surface area contributed by atoms with Crippen molar-refractivity contribution in [3.05, 3.63) is 66.9 Å². The van der Waals surface area contributed by atoms with Gasteiger partial charge in [-0.2, -0.15) is 0 Å². The van der Waals surface area contributed by atoms with Gasteiger partial charge in [0.25, 0.3) is 0 Å². The van der Waals surface area contributed by atoms with Crippen LogP contribution in [0, 0.1) is 9.49 Å². The van der Waals surface area contributed by atoms with Gasteiger partial charge in [0.2, 0.25) is 0 Å². The predicted octanol–water partition coefficient (Wildman–Crippen LogP) is 6.65. The summed E-state index contributed by atoms with van der Waals surface area (Å²) >= 11 is 15.0. The van der Waals surface area contributed by atoms with E-state index in [1.807, 2.05) is 6.07 Å². The van der Waals surface area contributed by atoms with E-state index < -0.39 is 11.9 Å². The summed E-state index contributed by atoms with van der Waals surface area (Å²) < 4.78 is 12.6. The average Bonchev–Trinajstić information content (AvgIpc) is 3.28. The molecule has 1 N–H and O–H groups in total. The number of carboxylic acid groups (broad SMARTS) is 1. The molecule has 36 heavy (non-hydrogen) atoms. The highest BCUT2D eigenvalue weighted by Gasteiger charge is 2.48. The van der Waals surface area contributed by atoms with Crippen LogP contribution in [0.5, 0.6) is 0 Å². The van der Waals surface area contributed by atoms with Crippen LogP contribution in [0.3, 0.4) is 0 Å². The first-order valence-corrected chi connectivity index (χ1v) is 13.6. The van der Waals surface area contributed by atoms with Crippen LogP contribution in [0.15, 0.2) is 40.9 Å². The normalized spacial score (nSPS) is 22.8. The molecule has 1 aromatic heterocycles. The SMILES string of the molecule is O=C(O)c1ccc(N2C[C@@H]3C[C@H]2C[C@H]3OC(=O)c2c(-c3c(Cl)cccc3Cl)noc2C2CC2)c(I)c1. The van der Waals surface area contributed by atoms with E-state index >= 15 is 0 Å². The van der Waals surface area contributed by atoms with Crippen molar-refractivity contribution >= 4 is 63.4 Å². The van der Waals surface area contributed by atoms with Gasteiger partial charge in [0.05, 0.1) is 21.3 Å². The quantitative estimate of drug-likeness (QED) is 0.239. The van der Waals surface area contributed by atoms with Crippen LogP contribution in [-0.2, 0) is 4.74 Å². The van der Waals surface area contributed by atoms with E-state index in [2.05, 4.69) is 32.6 Å². The minimum atomic E-state index is -0.939. The Morgan fingerprint density at radius 3 is 2.50 bits per heavy atom. The Morgan fingerprint density at radius 2 is 1.89 bits per heavy atom. The van der Waals surface area contributed by atoms with Crippen molar-refractivity contribution in [2.75, 3.05) is 11.4 Å². The molecule has 0 radical (unpaired) electrons. The number of hydrogen-bond donors (Lipinski definition) is 1. The summed E-state index contributed by atoms with van der Waals surface area (Å²) in [6, 6.07) is 10.6. The first kappa shape index (κ1) is 24.1. The monoisotopic (exact) mass is 638 g/mol. The van der Waals surface area contributed by atoms with Gasteiger partial charge in [0.1, 0.15) is 17.4 Å². The fourth-order valence-corrected chi connectivity index (χ4v) is 6.84. The number of ether oxygens (including phenoxy) is 1. The fraction of sp³-hybridized carbons (Fsp3) is 0.346. The molecular formula is C26H21Cl2IN2O5. The summed E-state index contributed by atoms with van der Waals surface area (Å²) in [5.41, 5.74) is 2.42. The Morgan fingerprint density at radius 1 is 1.14 bits per heavy atom. The van der Waals surface area contributed by atoms with Gasteiger partial charge in [-0.3, -0.25) is 0 Å². The third-order valence-corrected chi connectivity index (χ3v) is 8.80. The van der Waals surface area contributed by atoms with Crippen LogP contribution in [0.4, 0.5) is 5.69 Å². The standard InChI is InChI=1S/C26H21Cl2IN2O5/c27-16-2-1-3-17(28)21(16)23-22(24(36-30-23)12-4-5-12)26(34)35-20-10-15-8-14(20)11-31(15)19-7-6-13(25(32)33)9-18(19)29/h1-3,6-7,9,12,14-15,20H,4-5,8,10-11H2,(H,32,33)/t14-,15-,20+/m0/s1. The molecule has 0 amide bonds. The molecule has 0 unspecified atom stereocenters. The maximum Gasteiger partial charge on any atom is 0.344 e. The topological polar surface area (TPSA) is 92.9 Å². The lowest BCUT2D eigenvalue weighted by molar-refractivity contribution is 0.0191. The number of carbonyl (C=O) groups is 2. The largest absolute Gasteiger partial charge is 0.478 e. The molecule has 3 atom stereocenters. The van der Waals surface area contributed by atoms with E-state index in [1.54, 1.807) is 30.3 Å². The molecule has 2 aliphatic carbocycles. The molecule has 3 fully saturated rings. The lowest BCUT2D eigenvalue weighted by atomic mass is 10.0. The maximum atomic E-state index is 13.5. The molecule has 6 rings (SSSR count). The zero-order valence-electron chi connectivity index (χ0n) is 18.9. The Hall–Kier alpha value is -2.30. The van der Waals surface area contributed by atoms with Gasteiger partial charge in [0.15, 0.2) is 5.76 Å². The molecule has 1 aliphatic heterocycles. The number of carboxylic acids is 1. The summed E-state index contributed by atoms with van der Waals surface area (Å²) in [6.07, 6.45) is 3.28. The van der Waals surface area contributed by atoms with Gasteiger partial charge in [-0.15, -0.1) is 0 Å². The number of esters is 1. The molecular weight excluding hydrogens is 618 g/mol. The summed E-state index contributed by atoms with van der Waals surface area (Å²) in [6.45, 7) is 0.743. The molecule has 7 nitrogen and oxygen atoms in total. The molecule has 2 bridgehead atoms. The molecule has 0 spiro atoms. The lowest BCUT2D eigenvalue weighted by Crippen LogP contribution is -2.39. The fourth-order valence-electron chi connectivity index (χ4n) is 5.43. The van der Waals surface area contributed by atoms with E-state index in [-0.39, 0.29) is 29.5 Å². The van der Waals surface area contributed by atoms with Crippen LogP contribution in [0.25, 0.3) is 11.3 Å². The van der Waals surface area contributed by atoms with E-state index in [4.69, 9.17) is 32.5 Å². The summed E-state index contributed by atoms with van der Waals surface area (Å²) in [5.74, 6) is -0.504. The van der Waals surface area contributed by atoms with Crippen molar-refractivity contribution in [2.24, 2.45) is 5.92 Å². The van der Waals surface area contributed by atoms with Crippen LogP contribution in [0.2, 0.25) is 10.0 Å². The minimum absolute atomic E-state index is 0.154. The average molecular weight is 639 g/mol. The van der Waals surface area contributed by atoms with Gasteiger partial charge < -0.3 is 19.3 Å². The number of hydrogen-bond acceptors (Lipinski definition) is 6. The highest BCUT2D eigenvalue weighted by molar-refractivity contribution is 14.1. The van der Waals surface area contributed by atoms with Gasteiger partial charge in [-0.25, -0.2) is 9.59 Å². The van der Waals surface area contributed by atoms with Crippen molar-refractivity contribution in [2.45, 2.75) is 43.7 Å². The van der Waals surface area contributed by atoms with Crippen molar-refractivity contribution in [1.82, 2.24) is 5.16 Å². The second-order valence-corrected chi connectivity index (χ2v) is 11.6. The number of carbonyl (C=O) groups excluding carboxylic acids is 1. The predicted molar refractivity (Wildman–Crippen MR) is 143 cm³/mol. The zero-order valence-corrected chi connectivity index (χ0v) is 22.6. The number of rotatable bonds is 6. The molecule has 10 heteroatoms. The van der Waals surface area contributed by atoms with E-state index in [9.17, 15) is 14.7 Å². The van der Waals surface area contributed by atoms with Crippen LogP contribution in [0.1, 0.15) is 58.1 Å². The van der Waals surface area contributed by atoms with E-state index in [0.717, 1.165) is 35.1 Å². The second kappa shape index (κ2) is 9.22. The van der Waals surface area contributed by atoms with E-state index in [0.29, 0.717) is 39.0 Å². The van der Waals surface area contributed by atoms with Gasteiger partial charge in [-0.1, -0.05) is 34.4 Å². The highest BCUT2D eigenvalue weighted by atomic mass is 127. The third-order valence-electron chi connectivity index (χ3n) is 7.31. The zero-order chi connectivity index (χ0) is 25.1. The highest BCUT2D eigenvalue weighted by Crippen LogP contribution is 2.47. The molecule has 3 aromatic rings. The number of piperidine rings is 1. The molecule has 2 heterocycles. The smallest absolute Gasteiger partial charge is 0.344 e. The molecule has 3 aliphatic rings. The van der Waals surface area contributed by atoms with Crippen LogP contribution in [-0.4, -0.2) is 40.9 Å². The first-order valence-electron chi connectivity index (χ1n) is 11.8.